The summed E-state index contributed by atoms with van der Waals surface area (Å²) in [5.41, 5.74) is 5.52. The van der Waals surface area contributed by atoms with Crippen LogP contribution in [0.3, 0.4) is 0 Å². The minimum Gasteiger partial charge on any atom is -0.487 e. The average molecular weight is 462 g/mol. The third-order valence-corrected chi connectivity index (χ3v) is 5.84. The van der Waals surface area contributed by atoms with Crippen LogP contribution in [0.5, 0.6) is 5.75 Å². The zero-order valence-corrected chi connectivity index (χ0v) is 19.5. The number of nitrogens with one attached hydrogen (secondary N) is 1. The molecule has 0 spiro atoms. The van der Waals surface area contributed by atoms with Crippen molar-refractivity contribution in [1.29, 1.82) is 0 Å². The van der Waals surface area contributed by atoms with E-state index in [1.54, 1.807) is 0 Å². The maximum absolute atomic E-state index is 6.02. The molecule has 2 aromatic heterocycles. The summed E-state index contributed by atoms with van der Waals surface area (Å²) in [6.45, 7) is 0.437. The molecule has 5 rings (SSSR count). The molecule has 0 saturated heterocycles. The van der Waals surface area contributed by atoms with Gasteiger partial charge in [0.1, 0.15) is 18.2 Å². The second kappa shape index (κ2) is 11.2. The van der Waals surface area contributed by atoms with Gasteiger partial charge in [-0.3, -0.25) is 0 Å². The van der Waals surface area contributed by atoms with E-state index >= 15 is 0 Å². The number of H-pyrrole nitrogens is 1. The van der Waals surface area contributed by atoms with Gasteiger partial charge in [0.15, 0.2) is 0 Å². The van der Waals surface area contributed by atoms with Crippen molar-refractivity contribution < 1.29 is 4.74 Å². The van der Waals surface area contributed by atoms with Crippen LogP contribution in [0.4, 0.5) is 0 Å². The van der Waals surface area contributed by atoms with Gasteiger partial charge in [-0.1, -0.05) is 72.8 Å². The van der Waals surface area contributed by atoms with Crippen LogP contribution in [0.25, 0.3) is 23.1 Å². The Kier molecular flexibility index (Phi) is 7.19. The molecule has 0 bridgehead atoms. The van der Waals surface area contributed by atoms with Crippen LogP contribution in [0.15, 0.2) is 84.9 Å². The van der Waals surface area contributed by atoms with Gasteiger partial charge in [0, 0.05) is 11.8 Å². The second-order valence-electron chi connectivity index (χ2n) is 8.49. The molecule has 0 atom stereocenters. The lowest BCUT2D eigenvalue weighted by molar-refractivity contribution is 0.302. The lowest BCUT2D eigenvalue weighted by Gasteiger charge is -2.07. The highest BCUT2D eigenvalue weighted by Gasteiger charge is 2.02. The molecule has 0 radical (unpaired) electrons. The summed E-state index contributed by atoms with van der Waals surface area (Å²) < 4.78 is 6.02. The first-order valence-corrected chi connectivity index (χ1v) is 11.9. The third-order valence-electron chi connectivity index (χ3n) is 5.84. The number of fused-ring (bicyclic) bond motifs is 1. The fourth-order valence-corrected chi connectivity index (χ4v) is 4.00. The van der Waals surface area contributed by atoms with Gasteiger partial charge in [-0.15, -0.1) is 5.10 Å². The Morgan fingerprint density at radius 2 is 1.60 bits per heavy atom. The standard InChI is InChI=1S/C29H27N5O/c1(4-14-29-31-33-34-32-29)7-22-8-5-9-23(19-22)15-16-24-10-6-12-27(20-24)35-21-26-18-17-25-11-2-3-13-28(25)30-26/h2-3,5-6,8-13,15-20H,1,4,7,14,21H2,(H,31,32,33,34). The molecule has 6 nitrogen and oxygen atoms in total. The number of nitrogens with zero attached hydrogens (tertiary/aromatic N) is 4. The number of aromatic amines is 1. The number of benzene rings is 3. The lowest BCUT2D eigenvalue weighted by atomic mass is 10.0. The molecule has 0 unspecified atom stereocenters. The van der Waals surface area contributed by atoms with Gasteiger partial charge < -0.3 is 4.74 Å². The molecule has 0 fully saturated rings. The molecular formula is C29H27N5O. The van der Waals surface area contributed by atoms with Crippen molar-refractivity contribution in [3.05, 3.63) is 113 Å². The number of para-hydroxylation sites is 1. The number of tetrazole rings is 1. The number of aromatic nitrogens is 5. The largest absolute Gasteiger partial charge is 0.487 e. The monoisotopic (exact) mass is 461 g/mol. The van der Waals surface area contributed by atoms with Gasteiger partial charge in [0.25, 0.3) is 0 Å². The summed E-state index contributed by atoms with van der Waals surface area (Å²) in [5.74, 6) is 1.68. The molecule has 0 saturated carbocycles. The van der Waals surface area contributed by atoms with Gasteiger partial charge in [0.2, 0.25) is 0 Å². The van der Waals surface area contributed by atoms with E-state index in [-0.39, 0.29) is 0 Å². The molecule has 0 amide bonds. The van der Waals surface area contributed by atoms with Gasteiger partial charge in [-0.25, -0.2) is 10.1 Å². The molecule has 5 aromatic rings. The van der Waals surface area contributed by atoms with Crippen LogP contribution >= 0.6 is 0 Å². The van der Waals surface area contributed by atoms with Crippen molar-refractivity contribution in [3.8, 4) is 5.75 Å². The van der Waals surface area contributed by atoms with Crippen LogP contribution in [0.2, 0.25) is 0 Å². The highest BCUT2D eigenvalue weighted by atomic mass is 16.5. The molecule has 3 aromatic carbocycles. The van der Waals surface area contributed by atoms with E-state index in [1.165, 1.54) is 11.1 Å². The first kappa shape index (κ1) is 22.5. The van der Waals surface area contributed by atoms with E-state index in [0.29, 0.717) is 6.61 Å². The van der Waals surface area contributed by atoms with Crippen LogP contribution in [0.1, 0.15) is 41.1 Å². The fraction of sp³-hybridized carbons (Fsp3) is 0.172. The first-order chi connectivity index (χ1) is 17.3. The molecule has 1 N–H and O–H groups in total. The highest BCUT2D eigenvalue weighted by Crippen LogP contribution is 2.19. The van der Waals surface area contributed by atoms with Crippen molar-refractivity contribution >= 4 is 23.1 Å². The van der Waals surface area contributed by atoms with E-state index in [2.05, 4.69) is 86.3 Å². The van der Waals surface area contributed by atoms with Crippen molar-refractivity contribution in [3.63, 3.8) is 0 Å². The van der Waals surface area contributed by atoms with E-state index in [0.717, 1.165) is 59.4 Å². The Morgan fingerprint density at radius 1 is 0.771 bits per heavy atom. The Hall–Kier alpha value is -4.32. The number of pyridine rings is 1. The zero-order chi connectivity index (χ0) is 23.7. The van der Waals surface area contributed by atoms with Crippen molar-refractivity contribution in [2.75, 3.05) is 0 Å². The molecule has 0 aliphatic heterocycles. The Labute approximate surface area is 204 Å². The second-order valence-corrected chi connectivity index (χ2v) is 8.49. The van der Waals surface area contributed by atoms with Crippen molar-refractivity contribution in [2.45, 2.75) is 32.3 Å². The molecule has 0 aliphatic rings. The fourth-order valence-electron chi connectivity index (χ4n) is 4.00. The van der Waals surface area contributed by atoms with Crippen LogP contribution < -0.4 is 4.74 Å². The van der Waals surface area contributed by atoms with Gasteiger partial charge in [-0.2, -0.15) is 0 Å². The van der Waals surface area contributed by atoms with Crippen LogP contribution in [-0.2, 0) is 19.4 Å². The Bertz CT molecular complexity index is 1410. The van der Waals surface area contributed by atoms with Crippen molar-refractivity contribution in [1.82, 2.24) is 25.6 Å². The van der Waals surface area contributed by atoms with E-state index in [1.807, 2.05) is 36.4 Å². The minimum atomic E-state index is 0.437. The van der Waals surface area contributed by atoms with Gasteiger partial charge in [0.05, 0.1) is 11.2 Å². The van der Waals surface area contributed by atoms with Gasteiger partial charge in [-0.05, 0) is 70.6 Å². The third kappa shape index (κ3) is 6.38. The molecular weight excluding hydrogens is 434 g/mol. The number of unbranched alkanes of at least 4 members (excludes halogenated alkanes) is 1. The highest BCUT2D eigenvalue weighted by molar-refractivity contribution is 5.78. The predicted molar refractivity (Wildman–Crippen MR) is 139 cm³/mol. The normalized spacial score (nSPS) is 11.3. The van der Waals surface area contributed by atoms with Crippen molar-refractivity contribution in [2.24, 2.45) is 0 Å². The van der Waals surface area contributed by atoms with E-state index in [4.69, 9.17) is 4.74 Å². The smallest absolute Gasteiger partial charge is 0.148 e. The van der Waals surface area contributed by atoms with E-state index < -0.39 is 0 Å². The summed E-state index contributed by atoms with van der Waals surface area (Å²) in [6.07, 6.45) is 8.33. The Balaban J connectivity index is 1.16. The molecule has 174 valence electrons. The summed E-state index contributed by atoms with van der Waals surface area (Å²) in [6, 6.07) is 29.0. The zero-order valence-electron chi connectivity index (χ0n) is 19.5. The van der Waals surface area contributed by atoms with Crippen LogP contribution in [-0.4, -0.2) is 25.6 Å². The molecule has 2 heterocycles. The Morgan fingerprint density at radius 3 is 2.49 bits per heavy atom. The number of hydrogen-bond donors (Lipinski definition) is 1. The van der Waals surface area contributed by atoms with Gasteiger partial charge >= 0.3 is 0 Å². The summed E-state index contributed by atoms with van der Waals surface area (Å²) in [5, 5.41) is 15.1. The first-order valence-electron chi connectivity index (χ1n) is 11.9. The molecule has 6 heteroatoms. The minimum absolute atomic E-state index is 0.437. The van der Waals surface area contributed by atoms with E-state index in [9.17, 15) is 0 Å². The summed E-state index contributed by atoms with van der Waals surface area (Å²) in [4.78, 5) is 4.69. The molecule has 0 aliphatic carbocycles. The topological polar surface area (TPSA) is 76.6 Å². The quantitative estimate of drug-likeness (QED) is 0.202. The number of aryl methyl sites for hydroxylation is 2. The lowest BCUT2D eigenvalue weighted by Crippen LogP contribution is -1.98. The molecule has 35 heavy (non-hydrogen) atoms. The number of ether oxygens (including phenoxy) is 1. The SMILES string of the molecule is C(=Cc1cccc(OCc2ccc3ccccc3n2)c1)c1cccc(CCCCc2nnn[nH]2)c1. The summed E-state index contributed by atoms with van der Waals surface area (Å²) in [7, 11) is 0. The van der Waals surface area contributed by atoms with Crippen LogP contribution in [0, 0.1) is 0 Å². The maximum atomic E-state index is 6.02. The average Bonchev–Trinajstić information content (AvgIpc) is 3.43. The summed E-state index contributed by atoms with van der Waals surface area (Å²) >= 11 is 0. The number of rotatable bonds is 10. The number of hydrogen-bond acceptors (Lipinski definition) is 5. The maximum Gasteiger partial charge on any atom is 0.148 e. The predicted octanol–water partition coefficient (Wildman–Crippen LogP) is 6.06.